The van der Waals surface area contributed by atoms with Crippen LogP contribution in [0.1, 0.15) is 10.4 Å². The summed E-state index contributed by atoms with van der Waals surface area (Å²) in [6.45, 7) is 0.624. The van der Waals surface area contributed by atoms with E-state index in [-0.39, 0.29) is 23.6 Å². The van der Waals surface area contributed by atoms with Crippen molar-refractivity contribution in [2.45, 2.75) is 6.04 Å². The minimum absolute atomic E-state index is 0.0525. The zero-order chi connectivity index (χ0) is 17.0. The smallest absolute Gasteiger partial charge is 0.251 e. The van der Waals surface area contributed by atoms with Crippen LogP contribution in [-0.2, 0) is 14.8 Å². The monoisotopic (exact) mass is 342 g/mol. The Bertz CT molecular complexity index is 660. The van der Waals surface area contributed by atoms with Crippen molar-refractivity contribution in [2.24, 2.45) is 5.92 Å². The van der Waals surface area contributed by atoms with Gasteiger partial charge in [-0.25, -0.2) is 12.7 Å². The van der Waals surface area contributed by atoms with Crippen molar-refractivity contribution < 1.29 is 22.7 Å². The van der Waals surface area contributed by atoms with Crippen LogP contribution in [0.25, 0.3) is 0 Å². The first kappa shape index (κ1) is 17.7. The van der Waals surface area contributed by atoms with Crippen LogP contribution in [0.4, 0.5) is 0 Å². The second-order valence-corrected chi connectivity index (χ2v) is 7.90. The summed E-state index contributed by atoms with van der Waals surface area (Å²) in [5, 5.41) is 2.86. The van der Waals surface area contributed by atoms with Crippen molar-refractivity contribution in [1.82, 2.24) is 9.62 Å². The summed E-state index contributed by atoms with van der Waals surface area (Å²) in [7, 11) is 1.18. The number of nitrogens with zero attached hydrogens (tertiary/aromatic N) is 1. The van der Waals surface area contributed by atoms with Crippen molar-refractivity contribution in [3.8, 4) is 5.75 Å². The van der Waals surface area contributed by atoms with Gasteiger partial charge in [-0.3, -0.25) is 4.79 Å². The number of hydrogen-bond acceptors (Lipinski definition) is 5. The van der Waals surface area contributed by atoms with Crippen LogP contribution < -0.4 is 10.1 Å². The van der Waals surface area contributed by atoms with Crippen LogP contribution >= 0.6 is 0 Å². The summed E-state index contributed by atoms with van der Waals surface area (Å²) in [5.41, 5.74) is 0.463. The van der Waals surface area contributed by atoms with E-state index in [2.05, 4.69) is 5.32 Å². The summed E-state index contributed by atoms with van der Waals surface area (Å²) in [6.07, 6.45) is 0. The van der Waals surface area contributed by atoms with Gasteiger partial charge in [0.2, 0.25) is 10.0 Å². The number of nitrogens with one attached hydrogen (secondary N) is 1. The third-order valence-corrected chi connectivity index (χ3v) is 5.79. The zero-order valence-corrected chi connectivity index (χ0v) is 14.3. The van der Waals surface area contributed by atoms with Crippen LogP contribution in [-0.4, -0.2) is 64.8 Å². The molecule has 1 aromatic carbocycles. The quantitative estimate of drug-likeness (QED) is 0.805. The molecular formula is C15H22N2O5S. The standard InChI is InChI=1S/C15H22N2O5S/c1-17(2)23(19,20)10-12-8-22-9-14(12)16-15(18)11-5-4-6-13(7-11)21-3/h4-7,12,14H,8-10H2,1-3H3,(H,16,18)/t12-,14+/m0/s1. The van der Waals surface area contributed by atoms with Crippen LogP contribution in [0.2, 0.25) is 0 Å². The fourth-order valence-corrected chi connectivity index (χ4v) is 3.53. The molecule has 0 radical (unpaired) electrons. The SMILES string of the molecule is COc1cccc(C(=O)N[C@@H]2COC[C@H]2CS(=O)(=O)N(C)C)c1. The molecule has 0 bridgehead atoms. The highest BCUT2D eigenvalue weighted by molar-refractivity contribution is 7.89. The van der Waals surface area contributed by atoms with Crippen molar-refractivity contribution in [3.05, 3.63) is 29.8 Å². The molecule has 2 rings (SSSR count). The summed E-state index contributed by atoms with van der Waals surface area (Å²) < 4.78 is 35.7. The van der Waals surface area contributed by atoms with Crippen molar-refractivity contribution in [1.29, 1.82) is 0 Å². The number of hydrogen-bond donors (Lipinski definition) is 1. The number of methoxy groups -OCH3 is 1. The molecule has 1 heterocycles. The molecule has 0 unspecified atom stereocenters. The van der Waals surface area contributed by atoms with Crippen molar-refractivity contribution >= 4 is 15.9 Å². The first-order valence-corrected chi connectivity index (χ1v) is 8.87. The maximum absolute atomic E-state index is 12.3. The Morgan fingerprint density at radius 2 is 2.13 bits per heavy atom. The lowest BCUT2D eigenvalue weighted by Gasteiger charge is -2.21. The molecule has 0 spiro atoms. The first-order chi connectivity index (χ1) is 10.8. The summed E-state index contributed by atoms with van der Waals surface area (Å²) >= 11 is 0. The first-order valence-electron chi connectivity index (χ1n) is 7.26. The second kappa shape index (κ2) is 7.29. The molecule has 2 atom stereocenters. The summed E-state index contributed by atoms with van der Waals surface area (Å²) in [6, 6.07) is 6.47. The average molecular weight is 342 g/mol. The molecule has 1 saturated heterocycles. The Balaban J connectivity index is 2.04. The van der Waals surface area contributed by atoms with Crippen molar-refractivity contribution in [2.75, 3.05) is 40.2 Å². The van der Waals surface area contributed by atoms with Gasteiger partial charge >= 0.3 is 0 Å². The van der Waals surface area contributed by atoms with E-state index < -0.39 is 10.0 Å². The fourth-order valence-electron chi connectivity index (χ4n) is 2.36. The second-order valence-electron chi connectivity index (χ2n) is 5.67. The average Bonchev–Trinajstić information content (AvgIpc) is 2.93. The Kier molecular flexibility index (Phi) is 5.61. The van der Waals surface area contributed by atoms with E-state index in [9.17, 15) is 13.2 Å². The number of sulfonamides is 1. The maximum Gasteiger partial charge on any atom is 0.251 e. The molecule has 1 amide bonds. The Hall–Kier alpha value is -1.64. The number of carbonyl (C=O) groups excluding carboxylic acids is 1. The molecule has 1 fully saturated rings. The summed E-state index contributed by atoms with van der Waals surface area (Å²) in [4.78, 5) is 12.3. The topological polar surface area (TPSA) is 84.9 Å². The number of ether oxygens (including phenoxy) is 2. The molecule has 1 aliphatic rings. The lowest BCUT2D eigenvalue weighted by atomic mass is 10.1. The van der Waals surface area contributed by atoms with E-state index in [1.807, 2.05) is 0 Å². The van der Waals surface area contributed by atoms with Gasteiger partial charge < -0.3 is 14.8 Å². The van der Waals surface area contributed by atoms with E-state index in [1.165, 1.54) is 25.5 Å². The molecule has 1 aromatic rings. The molecule has 7 nitrogen and oxygen atoms in total. The lowest BCUT2D eigenvalue weighted by molar-refractivity contribution is 0.0925. The van der Waals surface area contributed by atoms with Crippen LogP contribution in [0.15, 0.2) is 24.3 Å². The largest absolute Gasteiger partial charge is 0.497 e. The Labute approximate surface area is 136 Å². The van der Waals surface area contributed by atoms with Gasteiger partial charge in [0.05, 0.1) is 32.1 Å². The van der Waals surface area contributed by atoms with E-state index in [1.54, 1.807) is 24.3 Å². The molecule has 1 aliphatic heterocycles. The van der Waals surface area contributed by atoms with E-state index in [4.69, 9.17) is 9.47 Å². The van der Waals surface area contributed by atoms with Crippen LogP contribution in [0.5, 0.6) is 5.75 Å². The maximum atomic E-state index is 12.3. The number of amides is 1. The molecular weight excluding hydrogens is 320 g/mol. The molecule has 0 saturated carbocycles. The van der Waals surface area contributed by atoms with Gasteiger partial charge in [-0.05, 0) is 18.2 Å². The van der Waals surface area contributed by atoms with Crippen LogP contribution in [0, 0.1) is 5.92 Å². The van der Waals surface area contributed by atoms with Gasteiger partial charge in [0.1, 0.15) is 5.75 Å². The molecule has 0 aromatic heterocycles. The minimum atomic E-state index is -3.34. The molecule has 1 N–H and O–H groups in total. The van der Waals surface area contributed by atoms with Crippen molar-refractivity contribution in [3.63, 3.8) is 0 Å². The van der Waals surface area contributed by atoms with Gasteiger partial charge in [-0.15, -0.1) is 0 Å². The minimum Gasteiger partial charge on any atom is -0.497 e. The molecule has 23 heavy (non-hydrogen) atoms. The molecule has 128 valence electrons. The summed E-state index contributed by atoms with van der Waals surface area (Å²) in [5.74, 6) is -0.000979. The van der Waals surface area contributed by atoms with Gasteiger partial charge in [-0.1, -0.05) is 6.07 Å². The molecule has 8 heteroatoms. The number of benzene rings is 1. The predicted octanol–water partition coefficient (Wildman–Crippen LogP) is 0.331. The highest BCUT2D eigenvalue weighted by atomic mass is 32.2. The van der Waals surface area contributed by atoms with Crippen LogP contribution in [0.3, 0.4) is 0 Å². The number of carbonyl (C=O) groups is 1. The molecule has 0 aliphatic carbocycles. The third kappa shape index (κ3) is 4.43. The zero-order valence-electron chi connectivity index (χ0n) is 13.5. The van der Waals surface area contributed by atoms with E-state index >= 15 is 0 Å². The Morgan fingerprint density at radius 1 is 1.39 bits per heavy atom. The van der Waals surface area contributed by atoms with E-state index in [0.717, 1.165) is 0 Å². The third-order valence-electron chi connectivity index (χ3n) is 3.83. The fraction of sp³-hybridized carbons (Fsp3) is 0.533. The van der Waals surface area contributed by atoms with E-state index in [0.29, 0.717) is 24.5 Å². The highest BCUT2D eigenvalue weighted by Crippen LogP contribution is 2.18. The van der Waals surface area contributed by atoms with Gasteiger partial charge in [0.25, 0.3) is 5.91 Å². The Morgan fingerprint density at radius 3 is 2.78 bits per heavy atom. The normalized spacial score (nSPS) is 21.4. The number of rotatable bonds is 6. The van der Waals surface area contributed by atoms with Gasteiger partial charge in [-0.2, -0.15) is 0 Å². The highest BCUT2D eigenvalue weighted by Gasteiger charge is 2.34. The predicted molar refractivity (Wildman–Crippen MR) is 86.0 cm³/mol. The lowest BCUT2D eigenvalue weighted by Crippen LogP contribution is -2.43. The van der Waals surface area contributed by atoms with Gasteiger partial charge in [0.15, 0.2) is 0 Å². The van der Waals surface area contributed by atoms with Gasteiger partial charge in [0, 0.05) is 25.6 Å².